The average Bonchev–Trinajstić information content (AvgIpc) is 2.98. The molecule has 0 unspecified atom stereocenters. The molecule has 0 atom stereocenters. The summed E-state index contributed by atoms with van der Waals surface area (Å²) in [5, 5.41) is 7.07. The third-order valence-electron chi connectivity index (χ3n) is 6.71. The number of hydrogen-bond donors (Lipinski definition) is 0. The Morgan fingerprint density at radius 3 is 1.54 bits per heavy atom. The maximum atomic E-state index is 11.7. The average molecular weight is 510 g/mol. The third kappa shape index (κ3) is 4.36. The highest BCUT2D eigenvalue weighted by atomic mass is 16.5. The van der Waals surface area contributed by atoms with Gasteiger partial charge in [0.1, 0.15) is 11.5 Å². The van der Waals surface area contributed by atoms with Gasteiger partial charge in [0.25, 0.3) is 0 Å². The van der Waals surface area contributed by atoms with Gasteiger partial charge in [0, 0.05) is 28.9 Å². The van der Waals surface area contributed by atoms with Crippen LogP contribution in [-0.4, -0.2) is 11.9 Å². The van der Waals surface area contributed by atoms with Gasteiger partial charge in [0.2, 0.25) is 0 Å². The summed E-state index contributed by atoms with van der Waals surface area (Å²) in [6, 6.07) is 33.8. The van der Waals surface area contributed by atoms with E-state index < -0.39 is 11.9 Å². The first-order chi connectivity index (χ1) is 19.1. The van der Waals surface area contributed by atoms with E-state index in [1.54, 1.807) is 24.3 Å². The first-order valence-electron chi connectivity index (χ1n) is 12.4. The summed E-state index contributed by atoms with van der Waals surface area (Å²) < 4.78 is 10.6. The molecule has 0 N–H and O–H groups in total. The predicted molar refractivity (Wildman–Crippen MR) is 156 cm³/mol. The standard InChI is InChI=1S/C34H23NO4/c1-3-31(36)38-27-16-12-25(13-17-27)35(26-14-18-28(19-15-26)39-32(37)4-2)30-21-11-24-9-8-22-6-5-7-23-10-20-29(30)34(24)33(22)23/h3-21H,1-2H2. The number of rotatable bonds is 7. The molecule has 6 rings (SSSR count). The maximum Gasteiger partial charge on any atom is 0.335 e. The number of anilines is 3. The van der Waals surface area contributed by atoms with Crippen LogP contribution in [0.4, 0.5) is 17.1 Å². The van der Waals surface area contributed by atoms with Crippen LogP contribution in [0.5, 0.6) is 11.5 Å². The molecule has 0 spiro atoms. The zero-order chi connectivity index (χ0) is 26.9. The summed E-state index contributed by atoms with van der Waals surface area (Å²) in [5.41, 5.74) is 2.70. The zero-order valence-electron chi connectivity index (χ0n) is 21.0. The van der Waals surface area contributed by atoms with Gasteiger partial charge in [0.15, 0.2) is 0 Å². The Kier molecular flexibility index (Phi) is 6.02. The molecule has 0 saturated heterocycles. The highest BCUT2D eigenvalue weighted by molar-refractivity contribution is 6.25. The first kappa shape index (κ1) is 23.9. The van der Waals surface area contributed by atoms with E-state index in [-0.39, 0.29) is 0 Å². The molecule has 6 aromatic rings. The number of hydrogen-bond acceptors (Lipinski definition) is 5. The van der Waals surface area contributed by atoms with E-state index in [9.17, 15) is 9.59 Å². The predicted octanol–water partition coefficient (Wildman–Crippen LogP) is 8.24. The van der Waals surface area contributed by atoms with E-state index in [1.807, 2.05) is 24.3 Å². The number of nitrogens with zero attached hydrogens (tertiary/aromatic N) is 1. The minimum absolute atomic E-state index is 0.422. The number of carbonyl (C=O) groups excluding carboxylic acids is 2. The SMILES string of the molecule is C=CC(=O)Oc1ccc(N(c2ccc(OC(=O)C=C)cc2)c2ccc3ccc4cccc5ccc2c3c45)cc1. The van der Waals surface area contributed by atoms with Crippen LogP contribution in [0.25, 0.3) is 32.3 Å². The molecule has 6 aromatic carbocycles. The van der Waals surface area contributed by atoms with Crippen molar-refractivity contribution in [1.29, 1.82) is 0 Å². The van der Waals surface area contributed by atoms with Gasteiger partial charge in [-0.05, 0) is 81.5 Å². The summed E-state index contributed by atoms with van der Waals surface area (Å²) in [6.07, 6.45) is 2.26. The minimum atomic E-state index is -0.518. The van der Waals surface area contributed by atoms with Crippen molar-refractivity contribution in [3.63, 3.8) is 0 Å². The lowest BCUT2D eigenvalue weighted by atomic mass is 9.93. The number of ether oxygens (including phenoxy) is 2. The van der Waals surface area contributed by atoms with Crippen LogP contribution in [0.1, 0.15) is 0 Å². The number of benzene rings is 6. The molecule has 0 aliphatic heterocycles. The second kappa shape index (κ2) is 9.80. The Bertz CT molecular complexity index is 1790. The molecule has 0 heterocycles. The maximum absolute atomic E-state index is 11.7. The van der Waals surface area contributed by atoms with Gasteiger partial charge in [-0.25, -0.2) is 9.59 Å². The lowest BCUT2D eigenvalue weighted by Crippen LogP contribution is -2.11. The quantitative estimate of drug-likeness (QED) is 0.0939. The van der Waals surface area contributed by atoms with Gasteiger partial charge in [-0.2, -0.15) is 0 Å². The van der Waals surface area contributed by atoms with E-state index >= 15 is 0 Å². The van der Waals surface area contributed by atoms with E-state index in [4.69, 9.17) is 9.47 Å². The fourth-order valence-corrected chi connectivity index (χ4v) is 4.98. The topological polar surface area (TPSA) is 55.8 Å². The Morgan fingerprint density at radius 1 is 0.564 bits per heavy atom. The van der Waals surface area contributed by atoms with Gasteiger partial charge in [-0.1, -0.05) is 61.7 Å². The van der Waals surface area contributed by atoms with Crippen LogP contribution < -0.4 is 14.4 Å². The van der Waals surface area contributed by atoms with E-state index in [1.165, 1.54) is 21.5 Å². The highest BCUT2D eigenvalue weighted by Gasteiger charge is 2.19. The molecule has 39 heavy (non-hydrogen) atoms. The summed E-state index contributed by atoms with van der Waals surface area (Å²) in [6.45, 7) is 6.91. The van der Waals surface area contributed by atoms with Crippen molar-refractivity contribution in [3.05, 3.63) is 128 Å². The van der Waals surface area contributed by atoms with Crippen LogP contribution in [0.15, 0.2) is 128 Å². The van der Waals surface area contributed by atoms with Crippen molar-refractivity contribution in [3.8, 4) is 11.5 Å². The van der Waals surface area contributed by atoms with Crippen molar-refractivity contribution in [1.82, 2.24) is 0 Å². The summed E-state index contributed by atoms with van der Waals surface area (Å²) in [4.78, 5) is 25.5. The molecule has 0 aromatic heterocycles. The lowest BCUT2D eigenvalue weighted by molar-refractivity contribution is -0.129. The lowest BCUT2D eigenvalue weighted by Gasteiger charge is -2.28. The van der Waals surface area contributed by atoms with Crippen LogP contribution in [0, 0.1) is 0 Å². The minimum Gasteiger partial charge on any atom is -0.423 e. The summed E-state index contributed by atoms with van der Waals surface area (Å²) in [7, 11) is 0. The molecule has 0 bridgehead atoms. The van der Waals surface area contributed by atoms with Crippen LogP contribution >= 0.6 is 0 Å². The molecule has 5 nitrogen and oxygen atoms in total. The number of carbonyl (C=O) groups is 2. The molecule has 0 aliphatic rings. The fraction of sp³-hybridized carbons (Fsp3) is 0. The summed E-state index contributed by atoms with van der Waals surface area (Å²) in [5.74, 6) is -0.191. The van der Waals surface area contributed by atoms with Crippen molar-refractivity contribution >= 4 is 61.3 Å². The first-order valence-corrected chi connectivity index (χ1v) is 12.4. The second-order valence-corrected chi connectivity index (χ2v) is 9.01. The van der Waals surface area contributed by atoms with Gasteiger partial charge in [-0.3, -0.25) is 0 Å². The zero-order valence-corrected chi connectivity index (χ0v) is 21.0. The Labute approximate surface area is 225 Å². The molecule has 0 radical (unpaired) electrons. The van der Waals surface area contributed by atoms with E-state index in [2.05, 4.69) is 72.7 Å². The van der Waals surface area contributed by atoms with E-state index in [0.29, 0.717) is 11.5 Å². The van der Waals surface area contributed by atoms with Crippen molar-refractivity contribution in [2.75, 3.05) is 4.90 Å². The Hall–Kier alpha value is -5.42. The van der Waals surface area contributed by atoms with Crippen LogP contribution in [0.3, 0.4) is 0 Å². The molecule has 5 heteroatoms. The highest BCUT2D eigenvalue weighted by Crippen LogP contribution is 2.44. The van der Waals surface area contributed by atoms with Gasteiger partial charge < -0.3 is 14.4 Å². The second-order valence-electron chi connectivity index (χ2n) is 9.01. The van der Waals surface area contributed by atoms with Crippen molar-refractivity contribution < 1.29 is 19.1 Å². The van der Waals surface area contributed by atoms with E-state index in [0.717, 1.165) is 40.0 Å². The Balaban J connectivity index is 1.53. The van der Waals surface area contributed by atoms with Gasteiger partial charge >= 0.3 is 11.9 Å². The molecule has 0 fully saturated rings. The van der Waals surface area contributed by atoms with Crippen molar-refractivity contribution in [2.24, 2.45) is 0 Å². The molecule has 188 valence electrons. The fourth-order valence-electron chi connectivity index (χ4n) is 4.98. The summed E-state index contributed by atoms with van der Waals surface area (Å²) >= 11 is 0. The van der Waals surface area contributed by atoms with Gasteiger partial charge in [-0.15, -0.1) is 0 Å². The monoisotopic (exact) mass is 509 g/mol. The molecule has 0 amide bonds. The van der Waals surface area contributed by atoms with Crippen molar-refractivity contribution in [2.45, 2.75) is 0 Å². The van der Waals surface area contributed by atoms with Gasteiger partial charge in [0.05, 0.1) is 5.69 Å². The van der Waals surface area contributed by atoms with Crippen LogP contribution in [0.2, 0.25) is 0 Å². The normalized spacial score (nSPS) is 11.0. The van der Waals surface area contributed by atoms with Crippen LogP contribution in [-0.2, 0) is 9.59 Å². The third-order valence-corrected chi connectivity index (χ3v) is 6.71. The number of esters is 2. The molecule has 0 saturated carbocycles. The molecular formula is C34H23NO4. The Morgan fingerprint density at radius 2 is 1.03 bits per heavy atom. The smallest absolute Gasteiger partial charge is 0.335 e. The molecular weight excluding hydrogens is 486 g/mol. The largest absolute Gasteiger partial charge is 0.423 e. The molecule has 0 aliphatic carbocycles.